The number of benzene rings is 6. The zero-order valence-electron chi connectivity index (χ0n) is 27.2. The van der Waals surface area contributed by atoms with E-state index in [1.54, 1.807) is 0 Å². The molecule has 4 heterocycles. The topological polar surface area (TPSA) is 44.3 Å². The van der Waals surface area contributed by atoms with E-state index in [0.29, 0.717) is 11.5 Å². The largest absolute Gasteiger partial charge is 2.00 e. The van der Waals surface area contributed by atoms with Gasteiger partial charge in [-0.3, -0.25) is 4.98 Å². The second kappa shape index (κ2) is 11.7. The number of nitrogens with zero attached hydrogens (tertiary/aromatic N) is 4. The molecule has 0 N–H and O–H groups in total. The second-order valence-corrected chi connectivity index (χ2v) is 12.6. The van der Waals surface area contributed by atoms with Crippen molar-refractivity contribution in [2.24, 2.45) is 0 Å². The number of imidazole rings is 1. The fourth-order valence-electron chi connectivity index (χ4n) is 7.52. The molecule has 10 rings (SSSR count). The van der Waals surface area contributed by atoms with Crippen LogP contribution in [0.4, 0.5) is 0 Å². The van der Waals surface area contributed by atoms with E-state index in [-0.39, 0.29) is 20.4 Å². The van der Waals surface area contributed by atoms with Crippen LogP contribution in [-0.2, 0) is 20.4 Å². The fourth-order valence-corrected chi connectivity index (χ4v) is 7.52. The summed E-state index contributed by atoms with van der Waals surface area (Å²) in [7, 11) is 0. The summed E-state index contributed by atoms with van der Waals surface area (Å²) in [6.07, 6.45) is 1.81. The molecule has 0 aliphatic rings. The van der Waals surface area contributed by atoms with Gasteiger partial charge in [0.05, 0.1) is 16.7 Å². The summed E-state index contributed by atoms with van der Waals surface area (Å²) in [6, 6.07) is 51.3. The summed E-state index contributed by atoms with van der Waals surface area (Å²) < 4.78 is 10.9. The predicted octanol–water partition coefficient (Wildman–Crippen LogP) is 11.0. The molecular formula is C44H28N4OPd. The number of rotatable bonds is 4. The first kappa shape index (κ1) is 30.3. The Hall–Kier alpha value is -5.80. The van der Waals surface area contributed by atoms with E-state index in [4.69, 9.17) is 9.72 Å². The quantitative estimate of drug-likeness (QED) is 0.103. The van der Waals surface area contributed by atoms with Crippen molar-refractivity contribution in [3.05, 3.63) is 157 Å². The van der Waals surface area contributed by atoms with Gasteiger partial charge in [0.25, 0.3) is 0 Å². The number of aryl methyl sites for hydroxylation is 2. The van der Waals surface area contributed by atoms with Crippen molar-refractivity contribution in [1.82, 2.24) is 18.9 Å². The Morgan fingerprint density at radius 2 is 1.30 bits per heavy atom. The molecule has 50 heavy (non-hydrogen) atoms. The SMILES string of the molecule is Cc1cccc(C)c1-c1ccc2c3ccc(Oc4[c-]c5c(cc4)c4ccccc4n5-c4ccccn4)[c-]c3c3nc4ccccc4n3c2c1.[Pd+2]. The molecule has 0 aliphatic heterocycles. The minimum atomic E-state index is 0. The molecule has 0 fully saturated rings. The molecule has 0 amide bonds. The van der Waals surface area contributed by atoms with Gasteiger partial charge < -0.3 is 13.7 Å². The molecule has 0 aliphatic carbocycles. The Bertz CT molecular complexity index is 2920. The van der Waals surface area contributed by atoms with E-state index < -0.39 is 0 Å². The van der Waals surface area contributed by atoms with Crippen molar-refractivity contribution in [3.63, 3.8) is 0 Å². The van der Waals surface area contributed by atoms with Gasteiger partial charge in [-0.15, -0.1) is 29.7 Å². The number of hydrogen-bond acceptors (Lipinski definition) is 3. The minimum absolute atomic E-state index is 0. The molecule has 0 bridgehead atoms. The van der Waals surface area contributed by atoms with Crippen LogP contribution < -0.4 is 4.74 Å². The Labute approximate surface area is 302 Å². The van der Waals surface area contributed by atoms with Crippen molar-refractivity contribution in [3.8, 4) is 28.4 Å². The molecule has 0 unspecified atom stereocenters. The third kappa shape index (κ3) is 4.57. The van der Waals surface area contributed by atoms with E-state index in [0.717, 1.165) is 66.0 Å². The summed E-state index contributed by atoms with van der Waals surface area (Å²) in [5, 5.41) is 5.35. The number of hydrogen-bond donors (Lipinski definition) is 0. The Morgan fingerprint density at radius 1 is 0.600 bits per heavy atom. The van der Waals surface area contributed by atoms with E-state index in [1.807, 2.05) is 42.6 Å². The van der Waals surface area contributed by atoms with Crippen molar-refractivity contribution >= 4 is 60.2 Å². The maximum Gasteiger partial charge on any atom is 2.00 e. The molecule has 0 saturated carbocycles. The van der Waals surface area contributed by atoms with E-state index in [2.05, 4.69) is 131 Å². The van der Waals surface area contributed by atoms with Crippen LogP contribution in [0.25, 0.3) is 77.1 Å². The second-order valence-electron chi connectivity index (χ2n) is 12.6. The van der Waals surface area contributed by atoms with Crippen molar-refractivity contribution in [2.45, 2.75) is 13.8 Å². The first-order chi connectivity index (χ1) is 24.1. The van der Waals surface area contributed by atoms with E-state index in [1.165, 1.54) is 22.3 Å². The van der Waals surface area contributed by atoms with Crippen LogP contribution in [0, 0.1) is 26.0 Å². The van der Waals surface area contributed by atoms with E-state index in [9.17, 15) is 0 Å². The molecule has 10 aromatic rings. The van der Waals surface area contributed by atoms with Crippen LogP contribution in [0.3, 0.4) is 0 Å². The summed E-state index contributed by atoms with van der Waals surface area (Å²) in [4.78, 5) is 9.81. The number of para-hydroxylation sites is 3. The van der Waals surface area contributed by atoms with Gasteiger partial charge in [0.1, 0.15) is 5.82 Å². The third-order valence-corrected chi connectivity index (χ3v) is 9.66. The standard InChI is InChI=1S/C44H28N4O.Pd/c1-27-10-9-11-28(2)43(27)29-17-20-34-32-21-18-30(25-36(32)44-46-37-13-4-6-15-39(37)48(44)40(34)24-29)49-31-19-22-35-33-12-3-5-14-38(33)47(41(35)26-31)42-16-7-8-23-45-42;/h3-24H,1-2H3;/q-2;+2. The van der Waals surface area contributed by atoms with Gasteiger partial charge in [0, 0.05) is 28.7 Å². The molecule has 0 spiro atoms. The van der Waals surface area contributed by atoms with Crippen molar-refractivity contribution in [2.75, 3.05) is 0 Å². The Kier molecular flexibility index (Phi) is 7.07. The minimum Gasteiger partial charge on any atom is -0.503 e. The van der Waals surface area contributed by atoms with Crippen LogP contribution in [0.2, 0.25) is 0 Å². The predicted molar refractivity (Wildman–Crippen MR) is 199 cm³/mol. The first-order valence-corrected chi connectivity index (χ1v) is 16.4. The summed E-state index contributed by atoms with van der Waals surface area (Å²) in [6.45, 7) is 4.36. The van der Waals surface area contributed by atoms with Crippen LogP contribution in [0.1, 0.15) is 11.1 Å². The van der Waals surface area contributed by atoms with Crippen LogP contribution in [0.15, 0.2) is 134 Å². The Balaban J connectivity index is 0.00000336. The van der Waals surface area contributed by atoms with Gasteiger partial charge in [-0.1, -0.05) is 89.1 Å². The summed E-state index contributed by atoms with van der Waals surface area (Å²) >= 11 is 0. The maximum atomic E-state index is 6.54. The maximum absolute atomic E-state index is 6.54. The summed E-state index contributed by atoms with van der Waals surface area (Å²) in [5.74, 6) is 2.04. The van der Waals surface area contributed by atoms with Crippen LogP contribution >= 0.6 is 0 Å². The van der Waals surface area contributed by atoms with Crippen molar-refractivity contribution < 1.29 is 25.2 Å². The zero-order valence-corrected chi connectivity index (χ0v) is 28.8. The molecule has 240 valence electrons. The van der Waals surface area contributed by atoms with Gasteiger partial charge in [0.15, 0.2) is 0 Å². The smallest absolute Gasteiger partial charge is 0.503 e. The molecule has 6 aromatic carbocycles. The van der Waals surface area contributed by atoms with Gasteiger partial charge in [-0.05, 0) is 83.3 Å². The van der Waals surface area contributed by atoms with Crippen molar-refractivity contribution in [1.29, 1.82) is 0 Å². The van der Waals surface area contributed by atoms with Crippen LogP contribution in [-0.4, -0.2) is 18.9 Å². The zero-order chi connectivity index (χ0) is 32.6. The molecule has 5 nitrogen and oxygen atoms in total. The molecule has 4 aromatic heterocycles. The Morgan fingerprint density at radius 3 is 2.12 bits per heavy atom. The number of fused-ring (bicyclic) bond motifs is 11. The molecule has 0 saturated heterocycles. The normalized spacial score (nSPS) is 11.6. The molecular weight excluding hydrogens is 707 g/mol. The number of ether oxygens (including phenoxy) is 1. The molecule has 0 atom stereocenters. The monoisotopic (exact) mass is 734 g/mol. The number of pyridine rings is 2. The van der Waals surface area contributed by atoms with Gasteiger partial charge in [-0.25, -0.2) is 4.98 Å². The van der Waals surface area contributed by atoms with Crippen LogP contribution in [0.5, 0.6) is 11.5 Å². The fraction of sp³-hybridized carbons (Fsp3) is 0.0455. The third-order valence-electron chi connectivity index (χ3n) is 9.66. The molecule has 6 heteroatoms. The summed E-state index contributed by atoms with van der Waals surface area (Å²) in [5.41, 5.74) is 10.9. The average molecular weight is 735 g/mol. The first-order valence-electron chi connectivity index (χ1n) is 16.4. The molecule has 0 radical (unpaired) electrons. The van der Waals surface area contributed by atoms with Gasteiger partial charge >= 0.3 is 20.4 Å². The van der Waals surface area contributed by atoms with Gasteiger partial charge in [-0.2, -0.15) is 6.07 Å². The van der Waals surface area contributed by atoms with E-state index >= 15 is 0 Å². The number of aromatic nitrogens is 4. The van der Waals surface area contributed by atoms with Gasteiger partial charge in [0.2, 0.25) is 0 Å². The average Bonchev–Trinajstić information content (AvgIpc) is 3.68.